The third-order valence-corrected chi connectivity index (χ3v) is 5.17. The molecule has 0 saturated carbocycles. The normalized spacial score (nSPS) is 16.1. The fourth-order valence-corrected chi connectivity index (χ4v) is 3.72. The van der Waals surface area contributed by atoms with Gasteiger partial charge in [0, 0.05) is 5.56 Å². The van der Waals surface area contributed by atoms with Gasteiger partial charge in [-0.25, -0.2) is 4.98 Å². The summed E-state index contributed by atoms with van der Waals surface area (Å²) in [5.41, 5.74) is 2.67. The van der Waals surface area contributed by atoms with Gasteiger partial charge in [0.2, 0.25) is 5.82 Å². The van der Waals surface area contributed by atoms with E-state index in [0.717, 1.165) is 29.0 Å². The Bertz CT molecular complexity index is 969. The molecule has 0 spiro atoms. The van der Waals surface area contributed by atoms with E-state index in [1.165, 1.54) is 11.3 Å². The lowest BCUT2D eigenvalue weighted by molar-refractivity contribution is 0.0940. The molecule has 3 aromatic rings. The van der Waals surface area contributed by atoms with Gasteiger partial charge in [-0.1, -0.05) is 17.3 Å². The summed E-state index contributed by atoms with van der Waals surface area (Å²) < 4.78 is 29.7. The third kappa shape index (κ3) is 3.10. The maximum Gasteiger partial charge on any atom is 0.315 e. The van der Waals surface area contributed by atoms with Crippen LogP contribution in [-0.2, 0) is 6.42 Å². The van der Waals surface area contributed by atoms with Crippen LogP contribution < -0.4 is 5.32 Å². The van der Waals surface area contributed by atoms with Gasteiger partial charge >= 0.3 is 6.43 Å². The van der Waals surface area contributed by atoms with Crippen LogP contribution in [0.5, 0.6) is 0 Å². The van der Waals surface area contributed by atoms with Crippen LogP contribution in [0.3, 0.4) is 0 Å². The van der Waals surface area contributed by atoms with Gasteiger partial charge in [0.1, 0.15) is 4.88 Å². The average molecular weight is 376 g/mol. The minimum absolute atomic E-state index is 0.0872. The van der Waals surface area contributed by atoms with E-state index in [-0.39, 0.29) is 17.8 Å². The highest BCUT2D eigenvalue weighted by molar-refractivity contribution is 7.13. The number of aryl methyl sites for hydroxylation is 2. The van der Waals surface area contributed by atoms with Crippen LogP contribution >= 0.6 is 11.3 Å². The van der Waals surface area contributed by atoms with Crippen molar-refractivity contribution in [2.45, 2.75) is 32.2 Å². The molecule has 0 bridgehead atoms. The Morgan fingerprint density at radius 3 is 2.96 bits per heavy atom. The number of alkyl halides is 2. The molecule has 1 aromatic carbocycles. The van der Waals surface area contributed by atoms with Crippen molar-refractivity contribution in [2.75, 3.05) is 0 Å². The third-order valence-electron chi connectivity index (χ3n) is 4.26. The number of amides is 1. The molecule has 134 valence electrons. The van der Waals surface area contributed by atoms with Crippen molar-refractivity contribution in [3.8, 4) is 11.4 Å². The predicted octanol–water partition coefficient (Wildman–Crippen LogP) is 3.86. The number of nitrogens with zero attached hydrogens (tertiary/aromatic N) is 3. The van der Waals surface area contributed by atoms with Gasteiger partial charge in [-0.3, -0.25) is 4.79 Å². The molecule has 0 radical (unpaired) electrons. The van der Waals surface area contributed by atoms with Crippen LogP contribution in [0.15, 0.2) is 28.9 Å². The number of nitrogens with one attached hydrogen (secondary N) is 1. The molecule has 6 nitrogen and oxygen atoms in total. The average Bonchev–Trinajstić information content (AvgIpc) is 3.34. The number of hydrogen-bond donors (Lipinski definition) is 1. The van der Waals surface area contributed by atoms with Crippen LogP contribution in [0.4, 0.5) is 8.78 Å². The molecule has 1 atom stereocenters. The van der Waals surface area contributed by atoms with Crippen LogP contribution in [0.1, 0.15) is 50.6 Å². The Morgan fingerprint density at radius 2 is 2.27 bits per heavy atom. The molecular formula is C17H14F2N4O2S. The lowest BCUT2D eigenvalue weighted by Crippen LogP contribution is -2.26. The highest BCUT2D eigenvalue weighted by Crippen LogP contribution is 2.34. The SMILES string of the molecule is Cc1ncc(C(=O)NC2CCc3cc(-c4noc(C(F)F)n4)ccc32)s1. The van der Waals surface area contributed by atoms with Gasteiger partial charge in [0.25, 0.3) is 11.8 Å². The zero-order valence-corrected chi connectivity index (χ0v) is 14.5. The Balaban J connectivity index is 1.53. The smallest absolute Gasteiger partial charge is 0.315 e. The van der Waals surface area contributed by atoms with E-state index in [1.807, 2.05) is 19.1 Å². The summed E-state index contributed by atoms with van der Waals surface area (Å²) in [6.07, 6.45) is 0.331. The summed E-state index contributed by atoms with van der Waals surface area (Å²) in [5, 5.41) is 7.47. The monoisotopic (exact) mass is 376 g/mol. The zero-order chi connectivity index (χ0) is 18.3. The molecule has 0 fully saturated rings. The first-order valence-electron chi connectivity index (χ1n) is 7.99. The number of aromatic nitrogens is 3. The van der Waals surface area contributed by atoms with Crippen LogP contribution in [0.25, 0.3) is 11.4 Å². The number of halogens is 2. The van der Waals surface area contributed by atoms with E-state index in [0.29, 0.717) is 10.4 Å². The maximum atomic E-state index is 12.6. The van der Waals surface area contributed by atoms with Crippen molar-refractivity contribution in [3.05, 3.63) is 51.3 Å². The summed E-state index contributed by atoms with van der Waals surface area (Å²) in [7, 11) is 0. The molecule has 26 heavy (non-hydrogen) atoms. The summed E-state index contributed by atoms with van der Waals surface area (Å²) in [4.78, 5) is 20.7. The summed E-state index contributed by atoms with van der Waals surface area (Å²) in [5.74, 6) is -0.696. The number of rotatable bonds is 4. The van der Waals surface area contributed by atoms with Crippen molar-refractivity contribution in [2.24, 2.45) is 0 Å². The highest BCUT2D eigenvalue weighted by atomic mass is 32.1. The van der Waals surface area contributed by atoms with Crippen molar-refractivity contribution >= 4 is 17.2 Å². The number of fused-ring (bicyclic) bond motifs is 1. The van der Waals surface area contributed by atoms with Crippen LogP contribution in [0.2, 0.25) is 0 Å². The first-order valence-corrected chi connectivity index (χ1v) is 8.81. The molecule has 2 aromatic heterocycles. The minimum atomic E-state index is -2.79. The lowest BCUT2D eigenvalue weighted by Gasteiger charge is -2.13. The van der Waals surface area contributed by atoms with E-state index in [1.54, 1.807) is 12.3 Å². The van der Waals surface area contributed by atoms with Gasteiger partial charge < -0.3 is 9.84 Å². The summed E-state index contributed by atoms with van der Waals surface area (Å²) >= 11 is 1.35. The maximum absolute atomic E-state index is 12.6. The van der Waals surface area contributed by atoms with Gasteiger partial charge in [-0.15, -0.1) is 11.3 Å². The van der Waals surface area contributed by atoms with E-state index >= 15 is 0 Å². The summed E-state index contributed by atoms with van der Waals surface area (Å²) in [6, 6.07) is 5.40. The molecule has 2 heterocycles. The molecule has 0 saturated heterocycles. The fraction of sp³-hybridized carbons (Fsp3) is 0.294. The second-order valence-corrected chi connectivity index (χ2v) is 7.21. The molecule has 1 N–H and O–H groups in total. The number of hydrogen-bond acceptors (Lipinski definition) is 6. The largest absolute Gasteiger partial charge is 0.344 e. The van der Waals surface area contributed by atoms with Crippen molar-refractivity contribution < 1.29 is 18.1 Å². The van der Waals surface area contributed by atoms with Gasteiger partial charge in [0.05, 0.1) is 17.2 Å². The molecule has 1 aliphatic rings. The van der Waals surface area contributed by atoms with E-state index in [4.69, 9.17) is 0 Å². The Morgan fingerprint density at radius 1 is 1.42 bits per heavy atom. The molecule has 4 rings (SSSR count). The zero-order valence-electron chi connectivity index (χ0n) is 13.7. The first kappa shape index (κ1) is 16.8. The van der Waals surface area contributed by atoms with Gasteiger partial charge in [-0.2, -0.15) is 13.8 Å². The standard InChI is InChI=1S/C17H14F2N4O2S/c1-8-20-7-13(26-8)16(24)21-12-5-3-9-6-10(2-4-11(9)12)15-22-17(14(18)19)25-23-15/h2,4,6-7,12,14H,3,5H2,1H3,(H,21,24). The molecule has 9 heteroatoms. The molecule has 0 aliphatic heterocycles. The Labute approximate surface area is 151 Å². The minimum Gasteiger partial charge on any atom is -0.344 e. The topological polar surface area (TPSA) is 80.9 Å². The molecule has 1 aliphatic carbocycles. The number of carbonyl (C=O) groups is 1. The van der Waals surface area contributed by atoms with Crippen molar-refractivity contribution in [1.29, 1.82) is 0 Å². The molecular weight excluding hydrogens is 362 g/mol. The second-order valence-electron chi connectivity index (χ2n) is 5.98. The number of benzene rings is 1. The molecule has 1 unspecified atom stereocenters. The fourth-order valence-electron chi connectivity index (χ4n) is 3.04. The second kappa shape index (κ2) is 6.56. The van der Waals surface area contributed by atoms with Gasteiger partial charge in [0.15, 0.2) is 0 Å². The van der Waals surface area contributed by atoms with Crippen molar-refractivity contribution in [3.63, 3.8) is 0 Å². The quantitative estimate of drug-likeness (QED) is 0.748. The van der Waals surface area contributed by atoms with Gasteiger partial charge in [-0.05, 0) is 37.0 Å². The van der Waals surface area contributed by atoms with Crippen LogP contribution in [-0.4, -0.2) is 21.0 Å². The lowest BCUT2D eigenvalue weighted by atomic mass is 10.0. The van der Waals surface area contributed by atoms with Crippen molar-refractivity contribution in [1.82, 2.24) is 20.4 Å². The Hall–Kier alpha value is -2.68. The number of thiazole rings is 1. The Kier molecular flexibility index (Phi) is 4.23. The predicted molar refractivity (Wildman–Crippen MR) is 90.1 cm³/mol. The van der Waals surface area contributed by atoms with E-state index < -0.39 is 12.3 Å². The van der Waals surface area contributed by atoms with E-state index in [2.05, 4.69) is 25.0 Å². The highest BCUT2D eigenvalue weighted by Gasteiger charge is 2.26. The first-order chi connectivity index (χ1) is 12.5. The van der Waals surface area contributed by atoms with E-state index in [9.17, 15) is 13.6 Å². The number of carbonyl (C=O) groups excluding carboxylic acids is 1. The molecule has 1 amide bonds. The van der Waals surface area contributed by atoms with Crippen LogP contribution in [0, 0.1) is 6.92 Å². The summed E-state index contributed by atoms with van der Waals surface area (Å²) in [6.45, 7) is 1.85.